The van der Waals surface area contributed by atoms with Gasteiger partial charge in [-0.2, -0.15) is 0 Å². The highest BCUT2D eigenvalue weighted by Gasteiger charge is 2.26. The number of hydrogen-bond donors (Lipinski definition) is 2. The van der Waals surface area contributed by atoms with Gasteiger partial charge in [0.1, 0.15) is 5.84 Å². The van der Waals surface area contributed by atoms with Gasteiger partial charge in [0.15, 0.2) is 0 Å². The zero-order valence-corrected chi connectivity index (χ0v) is 8.06. The molecule has 1 aliphatic rings. The Hall–Kier alpha value is -0.570. The molecule has 0 aliphatic carbocycles. The van der Waals surface area contributed by atoms with Crippen LogP contribution >= 0.6 is 0 Å². The van der Waals surface area contributed by atoms with E-state index in [1.807, 2.05) is 0 Å². The molecule has 1 rings (SSSR count). The van der Waals surface area contributed by atoms with Gasteiger partial charge in [-0.15, -0.1) is 0 Å². The molecule has 70 valence electrons. The second-order valence-electron chi connectivity index (χ2n) is 4.50. The topological polar surface area (TPSA) is 53.1 Å². The fraction of sp³-hybridized carbons (Fsp3) is 0.889. The third-order valence-corrected chi connectivity index (χ3v) is 2.37. The smallest absolute Gasteiger partial charge is 0.105 e. The van der Waals surface area contributed by atoms with Gasteiger partial charge in [-0.05, 0) is 24.8 Å². The molecule has 0 aromatic heterocycles. The van der Waals surface area contributed by atoms with E-state index >= 15 is 0 Å². The highest BCUT2D eigenvalue weighted by molar-refractivity contribution is 5.78. The molecule has 1 aliphatic heterocycles. The molecule has 3 N–H and O–H groups in total. The molecule has 1 heterocycles. The zero-order chi connectivity index (χ0) is 9.19. The minimum Gasteiger partial charge on any atom is -0.387 e. The molecule has 12 heavy (non-hydrogen) atoms. The van der Waals surface area contributed by atoms with Crippen LogP contribution in [0.1, 0.15) is 26.7 Å². The van der Waals surface area contributed by atoms with Gasteiger partial charge in [-0.1, -0.05) is 13.8 Å². The Balaban J connectivity index is 2.41. The Morgan fingerprint density at radius 2 is 2.25 bits per heavy atom. The standard InChI is InChI=1S/C9H19N3/c1-9(2)4-3-5-12(7-9)6-8(10)11/h3-7H2,1-2H3,(H3,10,11). The van der Waals surface area contributed by atoms with Crippen molar-refractivity contribution in [2.45, 2.75) is 26.7 Å². The van der Waals surface area contributed by atoms with Crippen LogP contribution in [0.4, 0.5) is 0 Å². The zero-order valence-electron chi connectivity index (χ0n) is 8.06. The lowest BCUT2D eigenvalue weighted by molar-refractivity contribution is 0.133. The van der Waals surface area contributed by atoms with E-state index in [0.29, 0.717) is 12.0 Å². The molecule has 0 radical (unpaired) electrons. The van der Waals surface area contributed by atoms with E-state index in [0.717, 1.165) is 13.1 Å². The molecule has 0 amide bonds. The number of nitrogens with zero attached hydrogens (tertiary/aromatic N) is 1. The van der Waals surface area contributed by atoms with Crippen LogP contribution < -0.4 is 5.73 Å². The van der Waals surface area contributed by atoms with Crippen LogP contribution in [0.25, 0.3) is 0 Å². The number of nitrogens with two attached hydrogens (primary N) is 1. The quantitative estimate of drug-likeness (QED) is 0.479. The number of hydrogen-bond acceptors (Lipinski definition) is 2. The summed E-state index contributed by atoms with van der Waals surface area (Å²) < 4.78 is 0. The summed E-state index contributed by atoms with van der Waals surface area (Å²) in [7, 11) is 0. The van der Waals surface area contributed by atoms with E-state index in [2.05, 4.69) is 18.7 Å². The normalized spacial score (nSPS) is 23.8. The van der Waals surface area contributed by atoms with Crippen LogP contribution in [0, 0.1) is 10.8 Å². The molecule has 3 nitrogen and oxygen atoms in total. The maximum Gasteiger partial charge on any atom is 0.105 e. The minimum atomic E-state index is 0.285. The van der Waals surface area contributed by atoms with Gasteiger partial charge in [-0.25, -0.2) is 0 Å². The molecule has 1 fully saturated rings. The Labute approximate surface area is 74.4 Å². The van der Waals surface area contributed by atoms with Crippen LogP contribution in [0.15, 0.2) is 0 Å². The Morgan fingerprint density at radius 3 is 2.75 bits per heavy atom. The van der Waals surface area contributed by atoms with Gasteiger partial charge in [0.05, 0.1) is 6.54 Å². The second-order valence-corrected chi connectivity index (χ2v) is 4.50. The van der Waals surface area contributed by atoms with E-state index < -0.39 is 0 Å². The molecular formula is C9H19N3. The molecule has 0 aromatic rings. The van der Waals surface area contributed by atoms with Crippen molar-refractivity contribution >= 4 is 5.84 Å². The first-order valence-corrected chi connectivity index (χ1v) is 4.55. The number of piperidine rings is 1. The van der Waals surface area contributed by atoms with Crippen molar-refractivity contribution < 1.29 is 0 Å². The van der Waals surface area contributed by atoms with Crippen LogP contribution in [-0.4, -0.2) is 30.4 Å². The molecule has 0 aromatic carbocycles. The van der Waals surface area contributed by atoms with Crippen molar-refractivity contribution in [3.8, 4) is 0 Å². The average Bonchev–Trinajstić information content (AvgIpc) is 1.82. The SMILES string of the molecule is CC1(C)CCCN(CC(=N)N)C1. The Morgan fingerprint density at radius 1 is 1.58 bits per heavy atom. The largest absolute Gasteiger partial charge is 0.387 e. The van der Waals surface area contributed by atoms with Crippen LogP contribution in [0.3, 0.4) is 0 Å². The molecule has 0 atom stereocenters. The monoisotopic (exact) mass is 169 g/mol. The van der Waals surface area contributed by atoms with Crippen molar-refractivity contribution in [1.29, 1.82) is 5.41 Å². The van der Waals surface area contributed by atoms with Crippen LogP contribution in [-0.2, 0) is 0 Å². The predicted octanol–water partition coefficient (Wildman–Crippen LogP) is 1.04. The van der Waals surface area contributed by atoms with E-state index in [-0.39, 0.29) is 5.84 Å². The van der Waals surface area contributed by atoms with Gasteiger partial charge < -0.3 is 5.73 Å². The number of rotatable bonds is 2. The number of amidine groups is 1. The van der Waals surface area contributed by atoms with Gasteiger partial charge in [0, 0.05) is 6.54 Å². The summed E-state index contributed by atoms with van der Waals surface area (Å²) in [5.74, 6) is 0.285. The van der Waals surface area contributed by atoms with Crippen molar-refractivity contribution in [2.24, 2.45) is 11.1 Å². The molecule has 0 spiro atoms. The van der Waals surface area contributed by atoms with Gasteiger partial charge in [0.2, 0.25) is 0 Å². The molecule has 0 unspecified atom stereocenters. The first-order valence-electron chi connectivity index (χ1n) is 4.55. The van der Waals surface area contributed by atoms with E-state index in [1.165, 1.54) is 12.8 Å². The number of nitrogens with one attached hydrogen (secondary N) is 1. The highest BCUT2D eigenvalue weighted by atomic mass is 15.1. The van der Waals surface area contributed by atoms with Crippen molar-refractivity contribution in [2.75, 3.05) is 19.6 Å². The molecular weight excluding hydrogens is 150 g/mol. The lowest BCUT2D eigenvalue weighted by atomic mass is 9.84. The lowest BCUT2D eigenvalue weighted by Gasteiger charge is -2.37. The van der Waals surface area contributed by atoms with E-state index in [9.17, 15) is 0 Å². The van der Waals surface area contributed by atoms with Crippen molar-refractivity contribution in [3.63, 3.8) is 0 Å². The third kappa shape index (κ3) is 2.81. The molecule has 0 saturated carbocycles. The summed E-state index contributed by atoms with van der Waals surface area (Å²) in [6, 6.07) is 0. The summed E-state index contributed by atoms with van der Waals surface area (Å²) in [4.78, 5) is 2.27. The maximum absolute atomic E-state index is 7.20. The first-order chi connectivity index (χ1) is 5.49. The highest BCUT2D eigenvalue weighted by Crippen LogP contribution is 2.27. The Kier molecular flexibility index (Phi) is 2.73. The predicted molar refractivity (Wildman–Crippen MR) is 51.4 cm³/mol. The fourth-order valence-corrected chi connectivity index (χ4v) is 1.92. The van der Waals surface area contributed by atoms with Crippen molar-refractivity contribution in [1.82, 2.24) is 4.90 Å². The molecule has 3 heteroatoms. The van der Waals surface area contributed by atoms with Gasteiger partial charge >= 0.3 is 0 Å². The maximum atomic E-state index is 7.20. The summed E-state index contributed by atoms with van der Waals surface area (Å²) in [5.41, 5.74) is 5.76. The summed E-state index contributed by atoms with van der Waals surface area (Å²) in [6.45, 7) is 7.37. The lowest BCUT2D eigenvalue weighted by Crippen LogP contribution is -2.43. The van der Waals surface area contributed by atoms with Crippen LogP contribution in [0.2, 0.25) is 0 Å². The van der Waals surface area contributed by atoms with Crippen LogP contribution in [0.5, 0.6) is 0 Å². The first kappa shape index (κ1) is 9.52. The third-order valence-electron chi connectivity index (χ3n) is 2.37. The van der Waals surface area contributed by atoms with E-state index in [4.69, 9.17) is 11.1 Å². The number of likely N-dealkylation sites (tertiary alicyclic amines) is 1. The van der Waals surface area contributed by atoms with Gasteiger partial charge in [0.25, 0.3) is 0 Å². The summed E-state index contributed by atoms with van der Waals surface area (Å²) >= 11 is 0. The van der Waals surface area contributed by atoms with E-state index in [1.54, 1.807) is 0 Å². The summed E-state index contributed by atoms with van der Waals surface area (Å²) in [6.07, 6.45) is 2.53. The average molecular weight is 169 g/mol. The minimum absolute atomic E-state index is 0.285. The molecule has 0 bridgehead atoms. The van der Waals surface area contributed by atoms with Gasteiger partial charge in [-0.3, -0.25) is 10.3 Å². The second kappa shape index (κ2) is 3.44. The molecule has 1 saturated heterocycles. The Bertz CT molecular complexity index is 175. The fourth-order valence-electron chi connectivity index (χ4n) is 1.92. The summed E-state index contributed by atoms with van der Waals surface area (Å²) in [5, 5.41) is 7.20. The van der Waals surface area contributed by atoms with Crippen molar-refractivity contribution in [3.05, 3.63) is 0 Å².